The maximum Gasteiger partial charge on any atom is 0.213 e. The molecule has 0 fully saturated rings. The van der Waals surface area contributed by atoms with Gasteiger partial charge in [-0.2, -0.15) is 0 Å². The zero-order valence-electron chi connectivity index (χ0n) is 10.3. The summed E-state index contributed by atoms with van der Waals surface area (Å²) in [6.45, 7) is 12.6. The number of rotatable bonds is 2. The molecule has 0 N–H and O–H groups in total. The van der Waals surface area contributed by atoms with Crippen molar-refractivity contribution in [3.63, 3.8) is 0 Å². The number of nitrogens with zero attached hydrogens (tertiary/aromatic N) is 1. The summed E-state index contributed by atoms with van der Waals surface area (Å²) < 4.78 is 5.15. The van der Waals surface area contributed by atoms with Gasteiger partial charge in [-0.1, -0.05) is 33.8 Å². The lowest BCUT2D eigenvalue weighted by Crippen LogP contribution is -1.93. The fourth-order valence-electron chi connectivity index (χ4n) is 0.688. The van der Waals surface area contributed by atoms with Gasteiger partial charge in [-0.3, -0.25) is 0 Å². The van der Waals surface area contributed by atoms with Crippen molar-refractivity contribution in [3.05, 3.63) is 23.9 Å². The van der Waals surface area contributed by atoms with Crippen LogP contribution in [0.15, 0.2) is 18.3 Å². The molecule has 0 aliphatic heterocycles. The second-order valence-electron chi connectivity index (χ2n) is 2.11. The molecule has 1 heterocycles. The van der Waals surface area contributed by atoms with Crippen molar-refractivity contribution in [2.75, 3.05) is 6.61 Å². The minimum Gasteiger partial charge on any atom is -0.478 e. The Balaban J connectivity index is 0. The Morgan fingerprint density at radius 1 is 1.14 bits per heavy atom. The van der Waals surface area contributed by atoms with E-state index in [0.29, 0.717) is 12.5 Å². The van der Waals surface area contributed by atoms with E-state index in [4.69, 9.17) is 4.74 Å². The zero-order valence-corrected chi connectivity index (χ0v) is 10.3. The molecule has 2 nitrogen and oxygen atoms in total. The Kier molecular flexibility index (Phi) is 13.2. The molecule has 2 heteroatoms. The van der Waals surface area contributed by atoms with Gasteiger partial charge in [0.15, 0.2) is 0 Å². The molecule has 0 saturated carbocycles. The predicted molar refractivity (Wildman–Crippen MR) is 62.8 cm³/mol. The highest BCUT2D eigenvalue weighted by molar-refractivity contribution is 5.15. The van der Waals surface area contributed by atoms with Gasteiger partial charge in [-0.25, -0.2) is 4.98 Å². The van der Waals surface area contributed by atoms with E-state index in [0.717, 1.165) is 5.56 Å². The molecule has 0 saturated heterocycles. The number of aromatic nitrogens is 1. The standard InChI is InChI=1S/C8H11NO.2C2H6/c1-3-10-8-5-4-7(2)6-9-8;2*1-2/h4-6H,3H2,1-2H3;2*1-2H3. The van der Waals surface area contributed by atoms with Crippen molar-refractivity contribution in [2.45, 2.75) is 41.5 Å². The Morgan fingerprint density at radius 3 is 2.07 bits per heavy atom. The minimum atomic E-state index is 0.677. The topological polar surface area (TPSA) is 22.1 Å². The third-order valence-electron chi connectivity index (χ3n) is 1.18. The molecule has 0 radical (unpaired) electrons. The summed E-state index contributed by atoms with van der Waals surface area (Å²) in [6.07, 6.45) is 1.80. The number of ether oxygens (including phenoxy) is 1. The van der Waals surface area contributed by atoms with Gasteiger partial charge < -0.3 is 4.74 Å². The molecule has 82 valence electrons. The highest BCUT2D eigenvalue weighted by Gasteiger charge is 1.89. The molecule has 0 aliphatic carbocycles. The lowest BCUT2D eigenvalue weighted by atomic mass is 10.3. The summed E-state index contributed by atoms with van der Waals surface area (Å²) in [6, 6.07) is 3.86. The van der Waals surface area contributed by atoms with Gasteiger partial charge in [0.2, 0.25) is 5.88 Å². The van der Waals surface area contributed by atoms with Crippen LogP contribution in [0.3, 0.4) is 0 Å². The van der Waals surface area contributed by atoms with E-state index in [-0.39, 0.29) is 0 Å². The highest BCUT2D eigenvalue weighted by Crippen LogP contribution is 2.05. The van der Waals surface area contributed by atoms with Gasteiger partial charge in [-0.05, 0) is 19.4 Å². The molecule has 1 aromatic heterocycles. The molecule has 0 atom stereocenters. The summed E-state index contributed by atoms with van der Waals surface area (Å²) in [5.41, 5.74) is 1.16. The van der Waals surface area contributed by atoms with E-state index in [9.17, 15) is 0 Å². The monoisotopic (exact) mass is 197 g/mol. The molecule has 0 unspecified atom stereocenters. The summed E-state index contributed by atoms with van der Waals surface area (Å²) in [4.78, 5) is 4.05. The average molecular weight is 197 g/mol. The molecular formula is C12H23NO. The van der Waals surface area contributed by atoms with Crippen molar-refractivity contribution in [1.29, 1.82) is 0 Å². The Bertz CT molecular complexity index is 194. The first kappa shape index (κ1) is 15.4. The molecule has 0 spiro atoms. The van der Waals surface area contributed by atoms with Crippen LogP contribution in [0.4, 0.5) is 0 Å². The highest BCUT2D eigenvalue weighted by atomic mass is 16.5. The normalized spacial score (nSPS) is 7.57. The maximum absolute atomic E-state index is 5.15. The van der Waals surface area contributed by atoms with Crippen LogP contribution in [-0.4, -0.2) is 11.6 Å². The fourth-order valence-corrected chi connectivity index (χ4v) is 0.688. The van der Waals surface area contributed by atoms with E-state index in [2.05, 4.69) is 4.98 Å². The smallest absolute Gasteiger partial charge is 0.213 e. The Hall–Kier alpha value is -1.05. The van der Waals surface area contributed by atoms with Gasteiger partial charge >= 0.3 is 0 Å². The largest absolute Gasteiger partial charge is 0.478 e. The van der Waals surface area contributed by atoms with Crippen LogP contribution >= 0.6 is 0 Å². The summed E-state index contributed by atoms with van der Waals surface area (Å²) in [7, 11) is 0. The molecule has 1 rings (SSSR count). The average Bonchev–Trinajstić information content (AvgIpc) is 2.28. The van der Waals surface area contributed by atoms with Crippen LogP contribution in [0.25, 0.3) is 0 Å². The van der Waals surface area contributed by atoms with Crippen LogP contribution in [0.5, 0.6) is 5.88 Å². The second-order valence-corrected chi connectivity index (χ2v) is 2.11. The zero-order chi connectivity index (χ0) is 11.4. The third kappa shape index (κ3) is 7.59. The van der Waals surface area contributed by atoms with E-state index in [1.54, 1.807) is 6.20 Å². The first-order valence-electron chi connectivity index (χ1n) is 5.38. The van der Waals surface area contributed by atoms with E-state index in [1.807, 2.05) is 53.7 Å². The minimum absolute atomic E-state index is 0.677. The molecule has 0 aromatic carbocycles. The summed E-state index contributed by atoms with van der Waals surface area (Å²) in [5.74, 6) is 0.702. The van der Waals surface area contributed by atoms with Crippen molar-refractivity contribution >= 4 is 0 Å². The van der Waals surface area contributed by atoms with Gasteiger partial charge in [0.05, 0.1) is 6.61 Å². The first-order valence-corrected chi connectivity index (χ1v) is 5.38. The molecule has 0 bridgehead atoms. The molecule has 14 heavy (non-hydrogen) atoms. The maximum atomic E-state index is 5.15. The SMILES string of the molecule is CC.CC.CCOc1ccc(C)cn1. The summed E-state index contributed by atoms with van der Waals surface area (Å²) >= 11 is 0. The van der Waals surface area contributed by atoms with E-state index < -0.39 is 0 Å². The predicted octanol–water partition coefficient (Wildman–Crippen LogP) is 3.84. The number of hydrogen-bond donors (Lipinski definition) is 0. The first-order chi connectivity index (χ1) is 6.83. The van der Waals surface area contributed by atoms with Crippen LogP contribution in [-0.2, 0) is 0 Å². The van der Waals surface area contributed by atoms with Crippen LogP contribution in [0.1, 0.15) is 40.2 Å². The van der Waals surface area contributed by atoms with Gasteiger partial charge in [0.1, 0.15) is 0 Å². The summed E-state index contributed by atoms with van der Waals surface area (Å²) in [5, 5.41) is 0. The van der Waals surface area contributed by atoms with Crippen molar-refractivity contribution < 1.29 is 4.74 Å². The fraction of sp³-hybridized carbons (Fsp3) is 0.583. The van der Waals surface area contributed by atoms with Crippen molar-refractivity contribution in [2.24, 2.45) is 0 Å². The van der Waals surface area contributed by atoms with Gasteiger partial charge in [-0.15, -0.1) is 0 Å². The van der Waals surface area contributed by atoms with E-state index >= 15 is 0 Å². The number of aryl methyl sites for hydroxylation is 1. The van der Waals surface area contributed by atoms with Crippen molar-refractivity contribution in [3.8, 4) is 5.88 Å². The van der Waals surface area contributed by atoms with Crippen LogP contribution in [0, 0.1) is 6.92 Å². The lowest BCUT2D eigenvalue weighted by molar-refractivity contribution is 0.327. The Labute approximate surface area is 88.3 Å². The van der Waals surface area contributed by atoms with Gasteiger partial charge in [0.25, 0.3) is 0 Å². The van der Waals surface area contributed by atoms with Crippen LogP contribution < -0.4 is 4.74 Å². The molecule has 0 amide bonds. The van der Waals surface area contributed by atoms with Crippen LogP contribution in [0.2, 0.25) is 0 Å². The molecule has 1 aromatic rings. The van der Waals surface area contributed by atoms with E-state index in [1.165, 1.54) is 0 Å². The van der Waals surface area contributed by atoms with Crippen molar-refractivity contribution in [1.82, 2.24) is 4.98 Å². The Morgan fingerprint density at radius 2 is 1.71 bits per heavy atom. The number of hydrogen-bond acceptors (Lipinski definition) is 2. The molecular weight excluding hydrogens is 174 g/mol. The number of pyridine rings is 1. The van der Waals surface area contributed by atoms with Gasteiger partial charge in [0, 0.05) is 12.3 Å². The molecule has 0 aliphatic rings. The second kappa shape index (κ2) is 11.9. The quantitative estimate of drug-likeness (QED) is 0.718. The lowest BCUT2D eigenvalue weighted by Gasteiger charge is -1.99. The third-order valence-corrected chi connectivity index (χ3v) is 1.18.